The van der Waals surface area contributed by atoms with E-state index in [-0.39, 0.29) is 24.1 Å². The molecule has 4 rings (SSSR count). The zero-order valence-corrected chi connectivity index (χ0v) is 19.2. The summed E-state index contributed by atoms with van der Waals surface area (Å²) in [6, 6.07) is 1.50. The van der Waals surface area contributed by atoms with Gasteiger partial charge in [-0.2, -0.15) is 5.17 Å². The Labute approximate surface area is 193 Å². The van der Waals surface area contributed by atoms with Crippen molar-refractivity contribution >= 4 is 23.9 Å². The highest BCUT2D eigenvalue weighted by Gasteiger charge is 2.27. The van der Waals surface area contributed by atoms with Gasteiger partial charge in [-0.15, -0.1) is 0 Å². The largest absolute Gasteiger partial charge is 0.495 e. The number of hydrazine groups is 1. The third kappa shape index (κ3) is 4.98. The average Bonchev–Trinajstić information content (AvgIpc) is 3.44. The summed E-state index contributed by atoms with van der Waals surface area (Å²) in [6.07, 6.45) is 8.51. The van der Waals surface area contributed by atoms with Gasteiger partial charge in [0.05, 0.1) is 18.2 Å². The third-order valence-corrected chi connectivity index (χ3v) is 6.79. The number of carbonyl (C=O) groups excluding carboxylic acids is 1. The SMILES string of the molecule is CCC1CC(C(=O)O)CO/C(C)=C(\N(O)NC(=O)Nc2c3c(cc4c2CCC4)CCC3)C=N1. The lowest BCUT2D eigenvalue weighted by atomic mass is 9.99. The second-order valence-electron chi connectivity index (χ2n) is 8.98. The van der Waals surface area contributed by atoms with E-state index in [0.717, 1.165) is 44.2 Å². The molecule has 0 aromatic heterocycles. The Hall–Kier alpha value is -3.07. The summed E-state index contributed by atoms with van der Waals surface area (Å²) in [5, 5.41) is 23.6. The predicted octanol–water partition coefficient (Wildman–Crippen LogP) is 3.59. The Morgan fingerprint density at radius 2 is 1.85 bits per heavy atom. The quantitative estimate of drug-likeness (QED) is 0.502. The number of nitrogens with zero attached hydrogens (tertiary/aromatic N) is 2. The smallest absolute Gasteiger partial charge is 0.339 e. The van der Waals surface area contributed by atoms with Crippen LogP contribution in [0.25, 0.3) is 0 Å². The minimum absolute atomic E-state index is 0.0349. The maximum absolute atomic E-state index is 12.8. The highest BCUT2D eigenvalue weighted by Crippen LogP contribution is 2.38. The monoisotopic (exact) mass is 456 g/mol. The van der Waals surface area contributed by atoms with E-state index >= 15 is 0 Å². The molecule has 178 valence electrons. The van der Waals surface area contributed by atoms with Gasteiger partial charge in [-0.1, -0.05) is 13.0 Å². The number of hydroxylamine groups is 1. The standard InChI is InChI=1S/C24H32N4O5/c1-3-18-11-17(23(29)30)13-33-14(2)21(12-25-18)28(32)27-24(31)26-22-19-8-4-6-15(19)10-16-7-5-9-20(16)22/h10,12,17-18,32H,3-9,11,13H2,1-2H3,(H,29,30)(H2,26,27,31)/b21-14-,25-12?. The second-order valence-corrected chi connectivity index (χ2v) is 8.98. The summed E-state index contributed by atoms with van der Waals surface area (Å²) < 4.78 is 5.62. The van der Waals surface area contributed by atoms with Crippen molar-refractivity contribution in [2.75, 3.05) is 11.9 Å². The molecular weight excluding hydrogens is 424 g/mol. The Morgan fingerprint density at radius 1 is 1.18 bits per heavy atom. The van der Waals surface area contributed by atoms with Gasteiger partial charge in [-0.05, 0) is 80.5 Å². The number of aliphatic imine (C=N–C) groups is 1. The molecule has 2 unspecified atom stereocenters. The molecule has 0 spiro atoms. The molecule has 9 heteroatoms. The summed E-state index contributed by atoms with van der Waals surface area (Å²) in [4.78, 5) is 28.8. The number of hydrogen-bond donors (Lipinski definition) is 4. The Kier molecular flexibility index (Phi) is 6.88. The van der Waals surface area contributed by atoms with E-state index in [0.29, 0.717) is 18.0 Å². The highest BCUT2D eigenvalue weighted by molar-refractivity contribution is 5.92. The van der Waals surface area contributed by atoms with Crippen molar-refractivity contribution in [2.45, 2.75) is 71.3 Å². The van der Waals surface area contributed by atoms with Crippen LogP contribution in [0.4, 0.5) is 10.5 Å². The summed E-state index contributed by atoms with van der Waals surface area (Å²) in [7, 11) is 0. The minimum Gasteiger partial charge on any atom is -0.495 e. The number of carboxylic acids is 1. The number of ether oxygens (including phenoxy) is 1. The maximum Gasteiger partial charge on any atom is 0.339 e. The third-order valence-electron chi connectivity index (χ3n) is 6.79. The van der Waals surface area contributed by atoms with Gasteiger partial charge in [-0.3, -0.25) is 15.0 Å². The van der Waals surface area contributed by atoms with Gasteiger partial charge in [-0.25, -0.2) is 10.2 Å². The Bertz CT molecular complexity index is 971. The van der Waals surface area contributed by atoms with E-state index in [1.165, 1.54) is 28.5 Å². The topological polar surface area (TPSA) is 123 Å². The number of aliphatic carboxylic acids is 1. The number of urea groups is 1. The Morgan fingerprint density at radius 3 is 2.45 bits per heavy atom. The van der Waals surface area contributed by atoms with Gasteiger partial charge in [0.2, 0.25) is 0 Å². The van der Waals surface area contributed by atoms with Gasteiger partial charge in [0.1, 0.15) is 18.1 Å². The van der Waals surface area contributed by atoms with E-state index in [1.807, 2.05) is 6.92 Å². The number of hydrogen-bond acceptors (Lipinski definition) is 6. The molecule has 0 radical (unpaired) electrons. The van der Waals surface area contributed by atoms with Crippen LogP contribution in [0.5, 0.6) is 0 Å². The van der Waals surface area contributed by atoms with Crippen molar-refractivity contribution in [2.24, 2.45) is 10.9 Å². The number of rotatable bonds is 5. The molecule has 9 nitrogen and oxygen atoms in total. The maximum atomic E-state index is 12.8. The van der Waals surface area contributed by atoms with Crippen molar-refractivity contribution in [1.29, 1.82) is 0 Å². The van der Waals surface area contributed by atoms with Crippen LogP contribution in [0.15, 0.2) is 22.5 Å². The van der Waals surface area contributed by atoms with Crippen molar-refractivity contribution in [3.05, 3.63) is 39.8 Å². The fourth-order valence-electron chi connectivity index (χ4n) is 4.94. The molecule has 1 aromatic rings. The van der Waals surface area contributed by atoms with Crippen molar-refractivity contribution in [3.63, 3.8) is 0 Å². The molecule has 2 amide bonds. The van der Waals surface area contributed by atoms with E-state index in [4.69, 9.17) is 4.74 Å². The van der Waals surface area contributed by atoms with Gasteiger partial charge >= 0.3 is 12.0 Å². The zero-order chi connectivity index (χ0) is 23.5. The van der Waals surface area contributed by atoms with E-state index in [2.05, 4.69) is 21.8 Å². The first-order chi connectivity index (χ1) is 15.9. The molecule has 2 atom stereocenters. The van der Waals surface area contributed by atoms with Crippen LogP contribution in [0, 0.1) is 5.92 Å². The molecule has 4 N–H and O–H groups in total. The molecule has 1 aliphatic heterocycles. The van der Waals surface area contributed by atoms with Gasteiger partial charge in [0.25, 0.3) is 0 Å². The van der Waals surface area contributed by atoms with Crippen LogP contribution >= 0.6 is 0 Å². The number of allylic oxidation sites excluding steroid dienone is 2. The normalized spacial score (nSPS) is 24.1. The number of fused-ring (bicyclic) bond motifs is 2. The molecule has 0 saturated carbocycles. The number of anilines is 1. The van der Waals surface area contributed by atoms with Crippen LogP contribution in [0.1, 0.15) is 61.8 Å². The molecule has 0 saturated heterocycles. The molecule has 1 aromatic carbocycles. The van der Waals surface area contributed by atoms with Crippen molar-refractivity contribution < 1.29 is 24.6 Å². The molecule has 33 heavy (non-hydrogen) atoms. The predicted molar refractivity (Wildman–Crippen MR) is 123 cm³/mol. The van der Waals surface area contributed by atoms with Gasteiger partial charge in [0, 0.05) is 5.69 Å². The van der Waals surface area contributed by atoms with E-state index < -0.39 is 17.9 Å². The van der Waals surface area contributed by atoms with Gasteiger partial charge < -0.3 is 15.2 Å². The fourth-order valence-corrected chi connectivity index (χ4v) is 4.94. The van der Waals surface area contributed by atoms with Crippen LogP contribution in [-0.2, 0) is 35.2 Å². The minimum atomic E-state index is -0.943. The van der Waals surface area contributed by atoms with Crippen molar-refractivity contribution in [1.82, 2.24) is 10.6 Å². The summed E-state index contributed by atoms with van der Waals surface area (Å²) >= 11 is 0. The van der Waals surface area contributed by atoms with Crippen molar-refractivity contribution in [3.8, 4) is 0 Å². The molecular formula is C24H32N4O5. The molecule has 3 aliphatic rings. The number of aryl methyl sites for hydroxylation is 2. The second kappa shape index (κ2) is 9.82. The summed E-state index contributed by atoms with van der Waals surface area (Å²) in [6.45, 7) is 3.49. The van der Waals surface area contributed by atoms with Crippen LogP contribution in [0.2, 0.25) is 0 Å². The number of amides is 2. The molecule has 0 fully saturated rings. The van der Waals surface area contributed by atoms with Crippen LogP contribution < -0.4 is 10.7 Å². The lowest BCUT2D eigenvalue weighted by Crippen LogP contribution is -2.43. The number of benzene rings is 1. The van der Waals surface area contributed by atoms with E-state index in [1.54, 1.807) is 6.92 Å². The molecule has 2 aliphatic carbocycles. The van der Waals surface area contributed by atoms with Gasteiger partial charge in [0.15, 0.2) is 0 Å². The first-order valence-corrected chi connectivity index (χ1v) is 11.7. The first-order valence-electron chi connectivity index (χ1n) is 11.7. The lowest BCUT2D eigenvalue weighted by Gasteiger charge is -2.22. The molecule has 1 heterocycles. The van der Waals surface area contributed by atoms with Crippen LogP contribution in [0.3, 0.4) is 0 Å². The summed E-state index contributed by atoms with van der Waals surface area (Å²) in [5.74, 6) is -1.38. The Balaban J connectivity index is 1.51. The number of nitrogens with one attached hydrogen (secondary N) is 2. The average molecular weight is 457 g/mol. The van der Waals surface area contributed by atoms with Crippen LogP contribution in [-0.4, -0.2) is 46.3 Å². The highest BCUT2D eigenvalue weighted by atomic mass is 16.5. The van der Waals surface area contributed by atoms with E-state index in [9.17, 15) is 19.9 Å². The fraction of sp³-hybridized carbons (Fsp3) is 0.542. The lowest BCUT2D eigenvalue weighted by molar-refractivity contribution is -0.143. The first kappa shape index (κ1) is 23.1. The molecule has 0 bridgehead atoms. The number of carboxylic acid groups (broad SMARTS) is 1. The number of carbonyl (C=O) groups is 2. The zero-order valence-electron chi connectivity index (χ0n) is 19.2. The summed E-state index contributed by atoms with van der Waals surface area (Å²) in [5.41, 5.74) is 8.48.